The van der Waals surface area contributed by atoms with Crippen LogP contribution in [-0.4, -0.2) is 54.3 Å². The van der Waals surface area contributed by atoms with Gasteiger partial charge in [0.05, 0.1) is 12.8 Å². The molecule has 0 aliphatic heterocycles. The van der Waals surface area contributed by atoms with E-state index in [9.17, 15) is 4.79 Å². The van der Waals surface area contributed by atoms with Gasteiger partial charge in [0.25, 0.3) is 0 Å². The predicted octanol–water partition coefficient (Wildman–Crippen LogP) is 3.84. The highest BCUT2D eigenvalue weighted by molar-refractivity contribution is 5.83. The second-order valence-corrected chi connectivity index (χ2v) is 7.78. The molecule has 0 saturated carbocycles. The number of hydrogen-bond donors (Lipinski definition) is 1. The highest BCUT2D eigenvalue weighted by atomic mass is 16.5. The van der Waals surface area contributed by atoms with Crippen molar-refractivity contribution in [1.82, 2.24) is 35.2 Å². The summed E-state index contributed by atoms with van der Waals surface area (Å²) in [6.45, 7) is 4.19. The van der Waals surface area contributed by atoms with E-state index in [0.717, 1.165) is 46.0 Å². The lowest BCUT2D eigenvalue weighted by atomic mass is 9.99. The number of aryl methyl sites for hydroxylation is 1. The summed E-state index contributed by atoms with van der Waals surface area (Å²) < 4.78 is 7.00. The van der Waals surface area contributed by atoms with Gasteiger partial charge in [-0.1, -0.05) is 43.3 Å². The van der Waals surface area contributed by atoms with Crippen molar-refractivity contribution in [3.63, 3.8) is 0 Å². The Hall–Kier alpha value is -4.60. The first-order chi connectivity index (χ1) is 17.2. The third kappa shape index (κ3) is 4.45. The Kier molecular flexibility index (Phi) is 6.16. The predicted molar refractivity (Wildman–Crippen MR) is 131 cm³/mol. The van der Waals surface area contributed by atoms with Crippen molar-refractivity contribution in [3.05, 3.63) is 72.6 Å². The number of hydrogen-bond acceptors (Lipinski definition) is 8. The molecule has 0 radical (unpaired) electrons. The zero-order valence-electron chi connectivity index (χ0n) is 19.4. The molecule has 3 aromatic heterocycles. The fraction of sp³-hybridized carbons (Fsp3) is 0.200. The van der Waals surface area contributed by atoms with Crippen LogP contribution in [0.5, 0.6) is 0 Å². The molecule has 5 rings (SSSR count). The molecule has 0 saturated heterocycles. The van der Waals surface area contributed by atoms with E-state index in [1.165, 1.54) is 0 Å². The first-order valence-electron chi connectivity index (χ1n) is 11.4. The molecule has 0 spiro atoms. The molecular weight excluding hydrogens is 444 g/mol. The van der Waals surface area contributed by atoms with Crippen molar-refractivity contribution >= 4 is 23.1 Å². The molecule has 1 N–H and O–H groups in total. The van der Waals surface area contributed by atoms with E-state index in [4.69, 9.17) is 4.74 Å². The third-order valence-corrected chi connectivity index (χ3v) is 5.63. The maximum Gasteiger partial charge on any atom is 0.326 e. The van der Waals surface area contributed by atoms with Crippen molar-refractivity contribution in [2.75, 3.05) is 18.1 Å². The smallest absolute Gasteiger partial charge is 0.326 e. The average Bonchev–Trinajstić information content (AvgIpc) is 3.60. The average molecular weight is 469 g/mol. The van der Waals surface area contributed by atoms with E-state index in [-0.39, 0.29) is 12.5 Å². The summed E-state index contributed by atoms with van der Waals surface area (Å²) in [6.07, 6.45) is 2.46. The van der Waals surface area contributed by atoms with Gasteiger partial charge in [-0.25, -0.2) is 4.98 Å². The van der Waals surface area contributed by atoms with Crippen LogP contribution in [0.2, 0.25) is 0 Å². The van der Waals surface area contributed by atoms with Crippen LogP contribution in [0.4, 0.5) is 11.5 Å². The summed E-state index contributed by atoms with van der Waals surface area (Å²) in [4.78, 5) is 19.1. The minimum Gasteiger partial charge on any atom is -0.465 e. The van der Waals surface area contributed by atoms with Gasteiger partial charge in [-0.15, -0.1) is 10.2 Å². The fourth-order valence-electron chi connectivity index (χ4n) is 3.99. The maximum absolute atomic E-state index is 12.6. The standard InChI is InChI=1S/C25H24N8O2/c1-3-18-15-23(33-22(27-18)13-14-26-33)32(16-24(34)35-4-2)19-11-9-17(10-12-19)20-7-5-6-8-21(20)25-28-30-31-29-25/h5-15H,3-4,16H2,1-2H3,(H,28,29,30,31). The first-order valence-corrected chi connectivity index (χ1v) is 11.4. The van der Waals surface area contributed by atoms with Gasteiger partial charge in [0.1, 0.15) is 12.4 Å². The molecular formula is C25H24N8O2. The van der Waals surface area contributed by atoms with Crippen molar-refractivity contribution in [2.45, 2.75) is 20.3 Å². The van der Waals surface area contributed by atoms with Gasteiger partial charge in [0.15, 0.2) is 5.65 Å². The molecule has 35 heavy (non-hydrogen) atoms. The Morgan fingerprint density at radius 1 is 1.06 bits per heavy atom. The Balaban J connectivity index is 1.57. The van der Waals surface area contributed by atoms with Crippen LogP contribution < -0.4 is 4.90 Å². The normalized spacial score (nSPS) is 11.0. The zero-order chi connectivity index (χ0) is 24.2. The highest BCUT2D eigenvalue weighted by Gasteiger charge is 2.20. The van der Waals surface area contributed by atoms with Crippen molar-refractivity contribution in [1.29, 1.82) is 0 Å². The second kappa shape index (κ2) is 9.72. The van der Waals surface area contributed by atoms with Crippen LogP contribution in [0.3, 0.4) is 0 Å². The Morgan fingerprint density at radius 2 is 1.86 bits per heavy atom. The molecule has 0 atom stereocenters. The highest BCUT2D eigenvalue weighted by Crippen LogP contribution is 2.33. The Labute approximate surface area is 201 Å². The summed E-state index contributed by atoms with van der Waals surface area (Å²) in [5, 5.41) is 18.9. The van der Waals surface area contributed by atoms with Crippen LogP contribution >= 0.6 is 0 Å². The van der Waals surface area contributed by atoms with Gasteiger partial charge in [0.2, 0.25) is 5.82 Å². The van der Waals surface area contributed by atoms with Gasteiger partial charge in [-0.3, -0.25) is 4.79 Å². The SMILES string of the molecule is CCOC(=O)CN(c1ccc(-c2ccccc2-c2nn[nH]n2)cc1)c1cc(CC)nc2ccnn12. The molecule has 5 aromatic rings. The van der Waals surface area contributed by atoms with E-state index in [0.29, 0.717) is 12.4 Å². The number of aromatic amines is 1. The number of nitrogens with one attached hydrogen (secondary N) is 1. The number of fused-ring (bicyclic) bond motifs is 1. The molecule has 3 heterocycles. The van der Waals surface area contributed by atoms with E-state index < -0.39 is 0 Å². The number of aromatic nitrogens is 7. The number of H-pyrrole nitrogens is 1. The second-order valence-electron chi connectivity index (χ2n) is 7.78. The van der Waals surface area contributed by atoms with Crippen molar-refractivity contribution < 1.29 is 9.53 Å². The number of carbonyl (C=O) groups excluding carboxylic acids is 1. The van der Waals surface area contributed by atoms with Crippen molar-refractivity contribution in [2.24, 2.45) is 0 Å². The summed E-state index contributed by atoms with van der Waals surface area (Å²) in [5.74, 6) is 0.942. The van der Waals surface area contributed by atoms with Gasteiger partial charge >= 0.3 is 5.97 Å². The Bertz CT molecular complexity index is 1440. The van der Waals surface area contributed by atoms with Gasteiger partial charge in [0, 0.05) is 29.1 Å². The van der Waals surface area contributed by atoms with Gasteiger partial charge in [-0.2, -0.15) is 14.8 Å². The molecule has 0 aliphatic carbocycles. The van der Waals surface area contributed by atoms with Crippen molar-refractivity contribution in [3.8, 4) is 22.5 Å². The summed E-state index contributed by atoms with van der Waals surface area (Å²) in [5.41, 5.74) is 5.29. The molecule has 10 heteroatoms. The van der Waals surface area contributed by atoms with E-state index in [1.54, 1.807) is 17.6 Å². The topological polar surface area (TPSA) is 114 Å². The van der Waals surface area contributed by atoms with E-state index >= 15 is 0 Å². The monoisotopic (exact) mass is 468 g/mol. The van der Waals surface area contributed by atoms with E-state index in [1.807, 2.05) is 72.5 Å². The van der Waals surface area contributed by atoms with Crippen LogP contribution in [-0.2, 0) is 16.0 Å². The molecule has 0 unspecified atom stereocenters. The number of rotatable bonds is 8. The number of nitrogens with zero attached hydrogens (tertiary/aromatic N) is 7. The molecule has 0 fully saturated rings. The van der Waals surface area contributed by atoms with Crippen LogP contribution in [0.15, 0.2) is 66.9 Å². The number of tetrazole rings is 1. The number of anilines is 2. The van der Waals surface area contributed by atoms with Gasteiger partial charge < -0.3 is 9.64 Å². The lowest BCUT2D eigenvalue weighted by molar-refractivity contribution is -0.141. The number of ether oxygens (including phenoxy) is 1. The quantitative estimate of drug-likeness (QED) is 0.342. The summed E-state index contributed by atoms with van der Waals surface area (Å²) in [7, 11) is 0. The molecule has 176 valence electrons. The molecule has 2 aromatic carbocycles. The lowest BCUT2D eigenvalue weighted by Gasteiger charge is -2.25. The molecule has 0 bridgehead atoms. The fourth-order valence-corrected chi connectivity index (χ4v) is 3.99. The maximum atomic E-state index is 12.6. The number of carbonyl (C=O) groups is 1. The first kappa shape index (κ1) is 22.2. The minimum atomic E-state index is -0.325. The molecule has 0 aliphatic rings. The van der Waals surface area contributed by atoms with Crippen LogP contribution in [0.25, 0.3) is 28.2 Å². The molecule has 0 amide bonds. The summed E-state index contributed by atoms with van der Waals surface area (Å²) in [6, 6.07) is 19.7. The van der Waals surface area contributed by atoms with Crippen LogP contribution in [0, 0.1) is 0 Å². The minimum absolute atomic E-state index is 0.0365. The lowest BCUT2D eigenvalue weighted by Crippen LogP contribution is -2.29. The number of benzene rings is 2. The third-order valence-electron chi connectivity index (χ3n) is 5.63. The Morgan fingerprint density at radius 3 is 2.57 bits per heavy atom. The van der Waals surface area contributed by atoms with Gasteiger partial charge in [-0.05, 0) is 41.8 Å². The summed E-state index contributed by atoms with van der Waals surface area (Å²) >= 11 is 0. The van der Waals surface area contributed by atoms with E-state index in [2.05, 4.69) is 30.7 Å². The number of esters is 1. The molecule has 10 nitrogen and oxygen atoms in total. The largest absolute Gasteiger partial charge is 0.465 e. The zero-order valence-corrected chi connectivity index (χ0v) is 19.4. The van der Waals surface area contributed by atoms with Crippen LogP contribution in [0.1, 0.15) is 19.5 Å².